The Bertz CT molecular complexity index is 1050. The predicted octanol–water partition coefficient (Wildman–Crippen LogP) is 3.62. The molecule has 0 aliphatic carbocycles. The van der Waals surface area contributed by atoms with Crippen molar-refractivity contribution in [1.29, 1.82) is 0 Å². The molecule has 0 aliphatic rings. The second-order valence-corrected chi connectivity index (χ2v) is 5.62. The molecule has 3 aromatic heterocycles. The average Bonchev–Trinajstić information content (AvgIpc) is 3.03. The van der Waals surface area contributed by atoms with Gasteiger partial charge in [0.05, 0.1) is 5.02 Å². The van der Waals surface area contributed by atoms with E-state index in [2.05, 4.69) is 19.8 Å². The molecule has 8 nitrogen and oxygen atoms in total. The largest absolute Gasteiger partial charge is 0.512 e. The molecule has 0 atom stereocenters. The van der Waals surface area contributed by atoms with Crippen LogP contribution in [0.2, 0.25) is 5.02 Å². The first-order valence-corrected chi connectivity index (χ1v) is 7.74. The first-order valence-electron chi connectivity index (χ1n) is 7.36. The van der Waals surface area contributed by atoms with Crippen molar-refractivity contribution < 1.29 is 32.6 Å². The second-order valence-electron chi connectivity index (χ2n) is 5.22. The molecule has 28 heavy (non-hydrogen) atoms. The van der Waals surface area contributed by atoms with E-state index in [1.807, 2.05) is 0 Å². The van der Waals surface area contributed by atoms with E-state index in [0.29, 0.717) is 6.07 Å². The fourth-order valence-corrected chi connectivity index (χ4v) is 2.37. The number of ether oxygens (including phenoxy) is 1. The van der Waals surface area contributed by atoms with Crippen LogP contribution in [0.25, 0.3) is 5.82 Å². The number of alkyl halides is 3. The summed E-state index contributed by atoms with van der Waals surface area (Å²) in [7, 11) is 0. The van der Waals surface area contributed by atoms with Gasteiger partial charge in [0, 0.05) is 24.0 Å². The normalized spacial score (nSPS) is 11.3. The van der Waals surface area contributed by atoms with Gasteiger partial charge in [0.1, 0.15) is 11.4 Å². The molecular formula is C16H8ClF3N4O4. The zero-order valence-corrected chi connectivity index (χ0v) is 14.3. The van der Waals surface area contributed by atoms with Crippen molar-refractivity contribution in [2.24, 2.45) is 0 Å². The van der Waals surface area contributed by atoms with Gasteiger partial charge in [-0.25, -0.2) is 9.78 Å². The summed E-state index contributed by atoms with van der Waals surface area (Å²) in [4.78, 5) is 30.6. The third-order valence-corrected chi connectivity index (χ3v) is 3.65. The summed E-state index contributed by atoms with van der Waals surface area (Å²) >= 11 is 6.01. The van der Waals surface area contributed by atoms with Crippen LogP contribution < -0.4 is 4.74 Å². The fourth-order valence-electron chi connectivity index (χ4n) is 2.17. The van der Waals surface area contributed by atoms with Gasteiger partial charge in [0.2, 0.25) is 11.7 Å². The SMILES string of the molecule is O=C(O)Oc1cc(C(=O)c2ccc(C(F)(F)F)nc2)nn1-c1ncccc1Cl. The van der Waals surface area contributed by atoms with Gasteiger partial charge in [-0.1, -0.05) is 11.6 Å². The Hall–Kier alpha value is -3.47. The number of rotatable bonds is 4. The summed E-state index contributed by atoms with van der Waals surface area (Å²) in [5.41, 5.74) is -1.66. The van der Waals surface area contributed by atoms with E-state index in [0.717, 1.165) is 23.0 Å². The quantitative estimate of drug-likeness (QED) is 0.515. The maximum Gasteiger partial charge on any atom is 0.512 e. The first-order chi connectivity index (χ1) is 13.2. The minimum atomic E-state index is -4.65. The number of hydrogen-bond acceptors (Lipinski definition) is 6. The van der Waals surface area contributed by atoms with Crippen molar-refractivity contribution in [3.8, 4) is 11.7 Å². The Balaban J connectivity index is 2.01. The Morgan fingerprint density at radius 3 is 2.50 bits per heavy atom. The molecule has 1 N–H and O–H groups in total. The van der Waals surface area contributed by atoms with E-state index < -0.39 is 23.8 Å². The third kappa shape index (κ3) is 3.93. The van der Waals surface area contributed by atoms with Crippen LogP contribution in [0.4, 0.5) is 18.0 Å². The van der Waals surface area contributed by atoms with E-state index in [9.17, 15) is 22.8 Å². The number of carbonyl (C=O) groups is 2. The van der Waals surface area contributed by atoms with Gasteiger partial charge in [0.25, 0.3) is 0 Å². The molecule has 0 fully saturated rings. The fraction of sp³-hybridized carbons (Fsp3) is 0.0625. The van der Waals surface area contributed by atoms with E-state index in [1.165, 1.54) is 18.3 Å². The van der Waals surface area contributed by atoms with Crippen LogP contribution in [0.15, 0.2) is 42.7 Å². The number of carboxylic acid groups (broad SMARTS) is 1. The van der Waals surface area contributed by atoms with Crippen LogP contribution in [0.1, 0.15) is 21.7 Å². The number of ketones is 1. The van der Waals surface area contributed by atoms with Gasteiger partial charge in [-0.2, -0.15) is 23.0 Å². The van der Waals surface area contributed by atoms with Crippen LogP contribution in [-0.4, -0.2) is 36.8 Å². The second kappa shape index (κ2) is 7.27. The van der Waals surface area contributed by atoms with Crippen molar-refractivity contribution in [3.05, 3.63) is 64.7 Å². The van der Waals surface area contributed by atoms with Gasteiger partial charge in [-0.3, -0.25) is 9.78 Å². The van der Waals surface area contributed by atoms with Gasteiger partial charge in [-0.05, 0) is 24.3 Å². The Labute approximate surface area is 159 Å². The molecule has 0 bridgehead atoms. The van der Waals surface area contributed by atoms with E-state index in [-0.39, 0.29) is 28.0 Å². The van der Waals surface area contributed by atoms with Crippen molar-refractivity contribution in [2.45, 2.75) is 6.18 Å². The number of nitrogens with zero attached hydrogens (tertiary/aromatic N) is 4. The molecule has 0 radical (unpaired) electrons. The van der Waals surface area contributed by atoms with Crippen molar-refractivity contribution in [3.63, 3.8) is 0 Å². The van der Waals surface area contributed by atoms with Crippen LogP contribution in [0.5, 0.6) is 5.88 Å². The lowest BCUT2D eigenvalue weighted by Gasteiger charge is -2.06. The van der Waals surface area contributed by atoms with Crippen LogP contribution in [-0.2, 0) is 6.18 Å². The third-order valence-electron chi connectivity index (χ3n) is 3.36. The molecule has 3 aromatic rings. The molecule has 12 heteroatoms. The van der Waals surface area contributed by atoms with Gasteiger partial charge >= 0.3 is 12.3 Å². The lowest BCUT2D eigenvalue weighted by Crippen LogP contribution is -2.11. The zero-order valence-electron chi connectivity index (χ0n) is 13.5. The molecule has 0 unspecified atom stereocenters. The van der Waals surface area contributed by atoms with Crippen molar-refractivity contribution in [2.75, 3.05) is 0 Å². The summed E-state index contributed by atoms with van der Waals surface area (Å²) < 4.78 is 43.3. The summed E-state index contributed by atoms with van der Waals surface area (Å²) in [5, 5.41) is 12.9. The number of hydrogen-bond donors (Lipinski definition) is 1. The molecule has 3 rings (SSSR count). The minimum Gasteiger partial charge on any atom is -0.449 e. The Morgan fingerprint density at radius 2 is 1.93 bits per heavy atom. The molecular weight excluding hydrogens is 405 g/mol. The number of halogens is 4. The highest BCUT2D eigenvalue weighted by atomic mass is 35.5. The molecule has 3 heterocycles. The molecule has 0 spiro atoms. The summed E-state index contributed by atoms with van der Waals surface area (Å²) in [6.07, 6.45) is -4.23. The van der Waals surface area contributed by atoms with Crippen LogP contribution >= 0.6 is 11.6 Å². The number of pyridine rings is 2. The Kier molecular flexibility index (Phi) is 5.01. The van der Waals surface area contributed by atoms with Crippen molar-refractivity contribution in [1.82, 2.24) is 19.7 Å². The topological polar surface area (TPSA) is 107 Å². The van der Waals surface area contributed by atoms with Gasteiger partial charge < -0.3 is 9.84 Å². The number of carbonyl (C=O) groups excluding carboxylic acids is 1. The average molecular weight is 413 g/mol. The zero-order chi connectivity index (χ0) is 20.5. The van der Waals surface area contributed by atoms with E-state index >= 15 is 0 Å². The van der Waals surface area contributed by atoms with Crippen molar-refractivity contribution >= 4 is 23.5 Å². The summed E-state index contributed by atoms with van der Waals surface area (Å²) in [6.45, 7) is 0. The monoisotopic (exact) mass is 412 g/mol. The number of aromatic nitrogens is 4. The smallest absolute Gasteiger partial charge is 0.449 e. The summed E-state index contributed by atoms with van der Waals surface area (Å²) in [6, 6.07) is 5.56. The highest BCUT2D eigenvalue weighted by Crippen LogP contribution is 2.28. The molecule has 0 aliphatic heterocycles. The predicted molar refractivity (Wildman–Crippen MR) is 87.7 cm³/mol. The first kappa shape index (κ1) is 19.3. The summed E-state index contributed by atoms with van der Waals surface area (Å²) in [5.74, 6) is -1.19. The minimum absolute atomic E-state index is 0.00925. The molecule has 0 saturated carbocycles. The van der Waals surface area contributed by atoms with Gasteiger partial charge in [0.15, 0.2) is 5.82 Å². The van der Waals surface area contributed by atoms with Crippen LogP contribution in [0, 0.1) is 0 Å². The molecule has 0 saturated heterocycles. The van der Waals surface area contributed by atoms with E-state index in [4.69, 9.17) is 16.7 Å². The molecule has 0 amide bonds. The maximum absolute atomic E-state index is 12.6. The van der Waals surface area contributed by atoms with Gasteiger partial charge in [-0.15, -0.1) is 0 Å². The highest BCUT2D eigenvalue weighted by Gasteiger charge is 2.32. The lowest BCUT2D eigenvalue weighted by molar-refractivity contribution is -0.141. The molecule has 144 valence electrons. The van der Waals surface area contributed by atoms with Crippen LogP contribution in [0.3, 0.4) is 0 Å². The van der Waals surface area contributed by atoms with E-state index in [1.54, 1.807) is 0 Å². The highest BCUT2D eigenvalue weighted by molar-refractivity contribution is 6.32. The standard InChI is InChI=1S/C16H8ClF3N4O4/c17-9-2-1-5-21-14(9)24-12(28-15(26)27)6-10(23-24)13(25)8-3-4-11(22-7-8)16(18,19)20/h1-7H,(H,26,27). The molecule has 0 aromatic carbocycles. The lowest BCUT2D eigenvalue weighted by atomic mass is 10.1. The maximum atomic E-state index is 12.6. The Morgan fingerprint density at radius 1 is 1.18 bits per heavy atom.